The fraction of sp³-hybridized carbons (Fsp3) is 0.474. The Labute approximate surface area is 158 Å². The van der Waals surface area contributed by atoms with Crippen molar-refractivity contribution in [2.75, 3.05) is 7.05 Å². The first kappa shape index (κ1) is 20.4. The number of amides is 2. The lowest BCUT2D eigenvalue weighted by molar-refractivity contribution is -0.129. The summed E-state index contributed by atoms with van der Waals surface area (Å²) in [6, 6.07) is 8.13. The number of rotatable bonds is 9. The Hall–Kier alpha value is -2.90. The fourth-order valence-electron chi connectivity index (χ4n) is 2.86. The first-order valence-electron chi connectivity index (χ1n) is 9.24. The van der Waals surface area contributed by atoms with Gasteiger partial charge in [0.25, 0.3) is 0 Å². The van der Waals surface area contributed by atoms with E-state index in [0.29, 0.717) is 24.4 Å². The molecule has 1 heterocycles. The van der Waals surface area contributed by atoms with Gasteiger partial charge in [0, 0.05) is 20.0 Å². The highest BCUT2D eigenvalue weighted by molar-refractivity contribution is 5.88. The van der Waals surface area contributed by atoms with E-state index in [-0.39, 0.29) is 18.1 Å². The third-order valence-corrected chi connectivity index (χ3v) is 4.31. The first-order chi connectivity index (χ1) is 13.0. The molecular formula is C19H27N5O3. The summed E-state index contributed by atoms with van der Waals surface area (Å²) in [6.07, 6.45) is 2.62. The number of carbonyl (C=O) groups excluding carboxylic acids is 2. The summed E-state index contributed by atoms with van der Waals surface area (Å²) in [4.78, 5) is 37.1. The highest BCUT2D eigenvalue weighted by Gasteiger charge is 2.22. The number of hydrogen-bond donors (Lipinski definition) is 2. The predicted octanol–water partition coefficient (Wildman–Crippen LogP) is 1.01. The van der Waals surface area contributed by atoms with Crippen molar-refractivity contribution < 1.29 is 9.59 Å². The van der Waals surface area contributed by atoms with Crippen molar-refractivity contribution in [1.29, 1.82) is 0 Å². The van der Waals surface area contributed by atoms with Gasteiger partial charge in [-0.25, -0.2) is 9.48 Å². The van der Waals surface area contributed by atoms with Crippen LogP contribution in [0.2, 0.25) is 0 Å². The minimum atomic E-state index is -0.827. The molecule has 27 heavy (non-hydrogen) atoms. The smallest absolute Gasteiger partial charge is 0.346 e. The quantitative estimate of drug-likeness (QED) is 0.685. The zero-order valence-electron chi connectivity index (χ0n) is 16.1. The molecule has 0 aliphatic heterocycles. The van der Waals surface area contributed by atoms with E-state index in [2.05, 4.69) is 22.7 Å². The maximum absolute atomic E-state index is 12.5. The zero-order chi connectivity index (χ0) is 19.8. The number of nitrogens with zero attached hydrogens (tertiary/aromatic N) is 3. The maximum Gasteiger partial charge on any atom is 0.346 e. The molecule has 0 aliphatic carbocycles. The Balaban J connectivity index is 2.17. The Kier molecular flexibility index (Phi) is 7.34. The number of nitrogens with one attached hydrogen (secondary N) is 2. The molecule has 1 atom stereocenters. The monoisotopic (exact) mass is 373 g/mol. The second kappa shape index (κ2) is 9.70. The molecule has 2 rings (SSSR count). The molecule has 0 spiro atoms. The van der Waals surface area contributed by atoms with Crippen LogP contribution >= 0.6 is 0 Å². The van der Waals surface area contributed by atoms with Crippen LogP contribution in [0.25, 0.3) is 0 Å². The van der Waals surface area contributed by atoms with Crippen molar-refractivity contribution >= 4 is 11.8 Å². The van der Waals surface area contributed by atoms with Gasteiger partial charge in [-0.05, 0) is 18.9 Å². The van der Waals surface area contributed by atoms with E-state index in [0.717, 1.165) is 17.5 Å². The Morgan fingerprint density at radius 2 is 1.89 bits per heavy atom. The summed E-state index contributed by atoms with van der Waals surface area (Å²) < 4.78 is 2.74. The van der Waals surface area contributed by atoms with Gasteiger partial charge in [0.05, 0.1) is 0 Å². The van der Waals surface area contributed by atoms with Gasteiger partial charge < -0.3 is 10.6 Å². The van der Waals surface area contributed by atoms with Gasteiger partial charge in [0.15, 0.2) is 0 Å². The number of aryl methyl sites for hydroxylation is 1. The summed E-state index contributed by atoms with van der Waals surface area (Å²) in [5.41, 5.74) is 0.357. The highest BCUT2D eigenvalue weighted by Crippen LogP contribution is 2.12. The van der Waals surface area contributed by atoms with E-state index in [9.17, 15) is 14.4 Å². The van der Waals surface area contributed by atoms with E-state index in [1.165, 1.54) is 7.05 Å². The standard InChI is InChI=1S/C19H27N5O3/c1-4-6-12-15-22-24(19(27)23(15)5-2)13-16(25)21-17(18(26)20-3)14-10-8-7-9-11-14/h7-11,17H,4-6,12-13H2,1-3H3,(H,20,26)(H,21,25)/t17-/m0/s1. The second-order valence-electron chi connectivity index (χ2n) is 6.23. The van der Waals surface area contributed by atoms with Crippen molar-refractivity contribution in [2.24, 2.45) is 0 Å². The first-order valence-corrected chi connectivity index (χ1v) is 9.24. The average molecular weight is 373 g/mol. The van der Waals surface area contributed by atoms with Crippen LogP contribution in [0.5, 0.6) is 0 Å². The number of unbranched alkanes of at least 4 members (excludes halogenated alkanes) is 1. The molecular weight excluding hydrogens is 346 g/mol. The van der Waals surface area contributed by atoms with Crippen molar-refractivity contribution in [3.05, 3.63) is 52.2 Å². The molecule has 0 bridgehead atoms. The molecule has 2 N–H and O–H groups in total. The van der Waals surface area contributed by atoms with Gasteiger partial charge in [-0.15, -0.1) is 0 Å². The number of hydrogen-bond acceptors (Lipinski definition) is 4. The molecule has 2 aromatic rings. The average Bonchev–Trinajstić information content (AvgIpc) is 2.98. The summed E-state index contributed by atoms with van der Waals surface area (Å²) in [5.74, 6) is -0.0926. The molecule has 1 aromatic heterocycles. The van der Waals surface area contributed by atoms with Crippen LogP contribution in [0, 0.1) is 0 Å². The van der Waals surface area contributed by atoms with Gasteiger partial charge in [-0.1, -0.05) is 43.7 Å². The molecule has 0 radical (unpaired) electrons. The van der Waals surface area contributed by atoms with Crippen LogP contribution in [-0.4, -0.2) is 33.2 Å². The largest absolute Gasteiger partial charge is 0.357 e. The summed E-state index contributed by atoms with van der Waals surface area (Å²) >= 11 is 0. The Bertz CT molecular complexity index is 826. The Morgan fingerprint density at radius 3 is 2.48 bits per heavy atom. The van der Waals surface area contributed by atoms with Crippen LogP contribution < -0.4 is 16.3 Å². The van der Waals surface area contributed by atoms with E-state index < -0.39 is 11.9 Å². The number of carbonyl (C=O) groups is 2. The third kappa shape index (κ3) is 5.06. The van der Waals surface area contributed by atoms with Crippen molar-refractivity contribution in [2.45, 2.75) is 52.2 Å². The summed E-state index contributed by atoms with van der Waals surface area (Å²) in [6.45, 7) is 4.22. The summed E-state index contributed by atoms with van der Waals surface area (Å²) in [7, 11) is 1.51. The van der Waals surface area contributed by atoms with Crippen molar-refractivity contribution in [3.63, 3.8) is 0 Å². The molecule has 8 nitrogen and oxygen atoms in total. The van der Waals surface area contributed by atoms with Crippen LogP contribution in [-0.2, 0) is 29.1 Å². The van der Waals surface area contributed by atoms with Gasteiger partial charge in [0.1, 0.15) is 18.4 Å². The van der Waals surface area contributed by atoms with Gasteiger partial charge in [-0.3, -0.25) is 14.2 Å². The minimum Gasteiger partial charge on any atom is -0.357 e. The predicted molar refractivity (Wildman–Crippen MR) is 102 cm³/mol. The van der Waals surface area contributed by atoms with Gasteiger partial charge >= 0.3 is 5.69 Å². The van der Waals surface area contributed by atoms with Crippen molar-refractivity contribution in [3.8, 4) is 0 Å². The van der Waals surface area contributed by atoms with E-state index in [1.807, 2.05) is 13.0 Å². The maximum atomic E-state index is 12.5. The van der Waals surface area contributed by atoms with Gasteiger partial charge in [0.2, 0.25) is 11.8 Å². The third-order valence-electron chi connectivity index (χ3n) is 4.31. The molecule has 146 valence electrons. The molecule has 8 heteroatoms. The van der Waals surface area contributed by atoms with E-state index in [1.54, 1.807) is 28.8 Å². The lowest BCUT2D eigenvalue weighted by atomic mass is 10.1. The molecule has 0 saturated carbocycles. The highest BCUT2D eigenvalue weighted by atomic mass is 16.2. The summed E-state index contributed by atoms with van der Waals surface area (Å²) in [5, 5.41) is 9.55. The van der Waals surface area contributed by atoms with Crippen LogP contribution in [0.4, 0.5) is 0 Å². The molecule has 0 unspecified atom stereocenters. The van der Waals surface area contributed by atoms with E-state index in [4.69, 9.17) is 0 Å². The number of likely N-dealkylation sites (N-methyl/N-ethyl adjacent to an activating group) is 1. The van der Waals surface area contributed by atoms with Crippen molar-refractivity contribution in [1.82, 2.24) is 25.0 Å². The molecule has 0 aliphatic rings. The minimum absolute atomic E-state index is 0.231. The topological polar surface area (TPSA) is 98.0 Å². The lowest BCUT2D eigenvalue weighted by Crippen LogP contribution is -2.41. The van der Waals surface area contributed by atoms with Crippen LogP contribution in [0.3, 0.4) is 0 Å². The molecule has 2 amide bonds. The number of aromatic nitrogens is 3. The van der Waals surface area contributed by atoms with Crippen LogP contribution in [0.1, 0.15) is 44.1 Å². The van der Waals surface area contributed by atoms with E-state index >= 15 is 0 Å². The lowest BCUT2D eigenvalue weighted by Gasteiger charge is -2.17. The normalized spacial score (nSPS) is 11.8. The zero-order valence-corrected chi connectivity index (χ0v) is 16.1. The fourth-order valence-corrected chi connectivity index (χ4v) is 2.86. The second-order valence-corrected chi connectivity index (χ2v) is 6.23. The number of benzene rings is 1. The SMILES string of the molecule is CCCCc1nn(CC(=O)N[C@H](C(=O)NC)c2ccccc2)c(=O)n1CC. The van der Waals surface area contributed by atoms with Crippen LogP contribution in [0.15, 0.2) is 35.1 Å². The molecule has 1 aromatic carbocycles. The Morgan fingerprint density at radius 1 is 1.19 bits per heavy atom. The van der Waals surface area contributed by atoms with Gasteiger partial charge in [-0.2, -0.15) is 5.10 Å². The molecule has 0 fully saturated rings. The molecule has 0 saturated heterocycles.